The normalized spacial score (nSPS) is 12.0. The van der Waals surface area contributed by atoms with Gasteiger partial charge in [0.1, 0.15) is 0 Å². The number of nitriles is 1. The van der Waals surface area contributed by atoms with Crippen LogP contribution in [0.2, 0.25) is 0 Å². The van der Waals surface area contributed by atoms with Crippen molar-refractivity contribution in [3.63, 3.8) is 0 Å². The number of hydrogen-bond donors (Lipinski definition) is 2. The van der Waals surface area contributed by atoms with Crippen molar-refractivity contribution in [3.05, 3.63) is 83.4 Å². The molecule has 27 heavy (non-hydrogen) atoms. The summed E-state index contributed by atoms with van der Waals surface area (Å²) in [4.78, 5) is 4.32. The molecule has 3 rings (SSSR count). The Hall–Kier alpha value is -2.59. The molecule has 1 atom stereocenters. The number of guanidine groups is 1. The largest absolute Gasteiger partial charge is 0.352 e. The summed E-state index contributed by atoms with van der Waals surface area (Å²) in [5.74, 6) is 0.729. The smallest absolute Gasteiger partial charge is 0.191 e. The van der Waals surface area contributed by atoms with Crippen LogP contribution in [0.15, 0.2) is 71.7 Å². The Labute approximate surface area is 177 Å². The average Bonchev–Trinajstić information content (AvgIpc) is 2.70. The third-order valence-corrected chi connectivity index (χ3v) is 4.38. The monoisotopic (exact) mass is 470 g/mol. The lowest BCUT2D eigenvalue weighted by atomic mass is 10.00. The van der Waals surface area contributed by atoms with E-state index in [0.29, 0.717) is 12.1 Å². The molecule has 3 aromatic rings. The van der Waals surface area contributed by atoms with Crippen molar-refractivity contribution in [1.82, 2.24) is 10.6 Å². The lowest BCUT2D eigenvalue weighted by Crippen LogP contribution is -2.38. The Morgan fingerprint density at radius 1 is 1.07 bits per heavy atom. The molecular formula is C22H23IN4. The number of rotatable bonds is 4. The highest BCUT2D eigenvalue weighted by atomic mass is 127. The first-order chi connectivity index (χ1) is 12.7. The second kappa shape index (κ2) is 9.93. The number of nitrogens with zero attached hydrogens (tertiary/aromatic N) is 2. The predicted molar refractivity (Wildman–Crippen MR) is 122 cm³/mol. The molecule has 0 aromatic heterocycles. The summed E-state index contributed by atoms with van der Waals surface area (Å²) in [6.07, 6.45) is 0. The van der Waals surface area contributed by atoms with Crippen molar-refractivity contribution >= 4 is 40.7 Å². The number of hydrogen-bond acceptors (Lipinski definition) is 2. The molecule has 0 heterocycles. The van der Waals surface area contributed by atoms with Gasteiger partial charge < -0.3 is 10.6 Å². The molecule has 0 saturated heterocycles. The van der Waals surface area contributed by atoms with Crippen LogP contribution in [0.5, 0.6) is 0 Å². The summed E-state index contributed by atoms with van der Waals surface area (Å²) < 4.78 is 0. The van der Waals surface area contributed by atoms with Gasteiger partial charge in [0, 0.05) is 13.6 Å². The van der Waals surface area contributed by atoms with Crippen molar-refractivity contribution < 1.29 is 0 Å². The SMILES string of the molecule is CN=C(NCc1cccc(C#N)c1)NC(C)c1cccc2ccccc12.I. The third-order valence-electron chi connectivity index (χ3n) is 4.38. The molecule has 3 aromatic carbocycles. The van der Waals surface area contributed by atoms with Gasteiger partial charge in [0.25, 0.3) is 0 Å². The highest BCUT2D eigenvalue weighted by Crippen LogP contribution is 2.23. The maximum absolute atomic E-state index is 9.01. The van der Waals surface area contributed by atoms with E-state index in [1.807, 2.05) is 18.2 Å². The zero-order valence-electron chi connectivity index (χ0n) is 15.4. The van der Waals surface area contributed by atoms with E-state index >= 15 is 0 Å². The van der Waals surface area contributed by atoms with Crippen LogP contribution in [0.3, 0.4) is 0 Å². The van der Waals surface area contributed by atoms with Crippen molar-refractivity contribution in [2.24, 2.45) is 4.99 Å². The first-order valence-electron chi connectivity index (χ1n) is 8.65. The lowest BCUT2D eigenvalue weighted by Gasteiger charge is -2.20. The van der Waals surface area contributed by atoms with Gasteiger partial charge in [-0.1, -0.05) is 54.6 Å². The van der Waals surface area contributed by atoms with E-state index in [9.17, 15) is 0 Å². The van der Waals surface area contributed by atoms with Crippen molar-refractivity contribution in [3.8, 4) is 6.07 Å². The second-order valence-corrected chi connectivity index (χ2v) is 6.17. The zero-order chi connectivity index (χ0) is 18.4. The molecule has 138 valence electrons. The zero-order valence-corrected chi connectivity index (χ0v) is 17.8. The number of nitrogens with one attached hydrogen (secondary N) is 2. The van der Waals surface area contributed by atoms with E-state index in [1.165, 1.54) is 16.3 Å². The summed E-state index contributed by atoms with van der Waals surface area (Å²) in [5.41, 5.74) is 2.94. The predicted octanol–water partition coefficient (Wildman–Crippen LogP) is 4.76. The van der Waals surface area contributed by atoms with Crippen LogP contribution >= 0.6 is 24.0 Å². The number of fused-ring (bicyclic) bond motifs is 1. The molecular weight excluding hydrogens is 447 g/mol. The van der Waals surface area contributed by atoms with Crippen molar-refractivity contribution in [1.29, 1.82) is 5.26 Å². The molecule has 1 unspecified atom stereocenters. The van der Waals surface area contributed by atoms with Gasteiger partial charge in [0.2, 0.25) is 0 Å². The summed E-state index contributed by atoms with van der Waals surface area (Å²) in [6, 6.07) is 24.6. The molecule has 0 aliphatic rings. The summed E-state index contributed by atoms with van der Waals surface area (Å²) >= 11 is 0. The Morgan fingerprint density at radius 3 is 2.59 bits per heavy atom. The second-order valence-electron chi connectivity index (χ2n) is 6.17. The molecule has 0 aliphatic carbocycles. The first kappa shape index (κ1) is 20.7. The average molecular weight is 470 g/mol. The summed E-state index contributed by atoms with van der Waals surface area (Å²) in [6.45, 7) is 2.74. The van der Waals surface area contributed by atoms with Gasteiger partial charge in [-0.15, -0.1) is 24.0 Å². The van der Waals surface area contributed by atoms with Gasteiger partial charge in [-0.2, -0.15) is 5.26 Å². The highest BCUT2D eigenvalue weighted by Gasteiger charge is 2.11. The molecule has 0 fully saturated rings. The van der Waals surface area contributed by atoms with Crippen molar-refractivity contribution in [2.45, 2.75) is 19.5 Å². The van der Waals surface area contributed by atoms with Gasteiger partial charge in [0.05, 0.1) is 17.7 Å². The van der Waals surface area contributed by atoms with E-state index in [2.05, 4.69) is 71.1 Å². The van der Waals surface area contributed by atoms with E-state index in [1.54, 1.807) is 13.1 Å². The van der Waals surface area contributed by atoms with Gasteiger partial charge in [-0.05, 0) is 41.0 Å². The fraction of sp³-hybridized carbons (Fsp3) is 0.182. The van der Waals surface area contributed by atoms with Gasteiger partial charge in [0.15, 0.2) is 5.96 Å². The maximum Gasteiger partial charge on any atom is 0.191 e. The molecule has 0 bridgehead atoms. The van der Waals surface area contributed by atoms with Crippen LogP contribution in [0.25, 0.3) is 10.8 Å². The van der Waals surface area contributed by atoms with Gasteiger partial charge in [-0.3, -0.25) is 4.99 Å². The molecule has 0 aliphatic heterocycles. The Balaban J connectivity index is 0.00000261. The molecule has 0 spiro atoms. The number of benzene rings is 3. The molecule has 5 heteroatoms. The maximum atomic E-state index is 9.01. The number of halogens is 1. The Morgan fingerprint density at radius 2 is 1.81 bits per heavy atom. The lowest BCUT2D eigenvalue weighted by molar-refractivity contribution is 0.690. The van der Waals surface area contributed by atoms with Crippen LogP contribution in [-0.2, 0) is 6.54 Å². The summed E-state index contributed by atoms with van der Waals surface area (Å²) in [5, 5.41) is 18.2. The van der Waals surface area contributed by atoms with Crippen LogP contribution in [0, 0.1) is 11.3 Å². The quantitative estimate of drug-likeness (QED) is 0.329. The molecule has 0 amide bonds. The molecule has 4 nitrogen and oxygen atoms in total. The Kier molecular flexibility index (Phi) is 7.62. The minimum Gasteiger partial charge on any atom is -0.352 e. The van der Waals surface area contributed by atoms with Crippen LogP contribution in [0.1, 0.15) is 29.7 Å². The minimum absolute atomic E-state index is 0. The van der Waals surface area contributed by atoms with E-state index in [4.69, 9.17) is 5.26 Å². The molecule has 0 radical (unpaired) electrons. The number of aliphatic imine (C=N–C) groups is 1. The van der Waals surface area contributed by atoms with Crippen LogP contribution in [0.4, 0.5) is 0 Å². The fourth-order valence-electron chi connectivity index (χ4n) is 3.04. The standard InChI is InChI=1S/C22H22N4.HI/c1-16(20-12-6-10-19-9-3-4-11-21(19)20)26-22(24-2)25-15-18-8-5-7-17(13-18)14-23;/h3-13,16H,15H2,1-2H3,(H2,24,25,26);1H. The van der Waals surface area contributed by atoms with E-state index < -0.39 is 0 Å². The minimum atomic E-state index is 0. The van der Waals surface area contributed by atoms with Crippen LogP contribution < -0.4 is 10.6 Å². The van der Waals surface area contributed by atoms with Crippen LogP contribution in [-0.4, -0.2) is 13.0 Å². The Bertz CT molecular complexity index is 970. The molecule has 0 saturated carbocycles. The first-order valence-corrected chi connectivity index (χ1v) is 8.65. The topological polar surface area (TPSA) is 60.2 Å². The van der Waals surface area contributed by atoms with E-state index in [0.717, 1.165) is 11.5 Å². The third kappa shape index (κ3) is 5.20. The summed E-state index contributed by atoms with van der Waals surface area (Å²) in [7, 11) is 1.76. The van der Waals surface area contributed by atoms with Gasteiger partial charge in [-0.25, -0.2) is 0 Å². The van der Waals surface area contributed by atoms with Crippen molar-refractivity contribution in [2.75, 3.05) is 7.05 Å². The van der Waals surface area contributed by atoms with Gasteiger partial charge >= 0.3 is 0 Å². The fourth-order valence-corrected chi connectivity index (χ4v) is 3.04. The van der Waals surface area contributed by atoms with E-state index in [-0.39, 0.29) is 30.0 Å². The highest BCUT2D eigenvalue weighted by molar-refractivity contribution is 14.0. The molecule has 2 N–H and O–H groups in total.